The number of carbonyl (C=O) groups excluding carboxylic acids is 1. The number of methoxy groups -OCH3 is 1. The van der Waals surface area contributed by atoms with Crippen molar-refractivity contribution in [2.24, 2.45) is 7.05 Å². The molecule has 3 aromatic rings. The van der Waals surface area contributed by atoms with Crippen LogP contribution in [0.2, 0.25) is 0 Å². The Morgan fingerprint density at radius 1 is 1.25 bits per heavy atom. The Labute approximate surface area is 163 Å². The molecule has 3 heterocycles. The Kier molecular flexibility index (Phi) is 3.76. The average Bonchev–Trinajstić information content (AvgIpc) is 3.40. The first kappa shape index (κ1) is 17.3. The van der Waals surface area contributed by atoms with Gasteiger partial charge in [0, 0.05) is 36.1 Å². The molecule has 0 bridgehead atoms. The predicted molar refractivity (Wildman–Crippen MR) is 106 cm³/mol. The first-order chi connectivity index (χ1) is 13.5. The van der Waals surface area contributed by atoms with Crippen LogP contribution < -0.4 is 4.74 Å². The molecule has 1 atom stereocenters. The van der Waals surface area contributed by atoms with Crippen LogP contribution in [0.5, 0.6) is 5.75 Å². The summed E-state index contributed by atoms with van der Waals surface area (Å²) >= 11 is 0. The minimum absolute atomic E-state index is 0.0473. The zero-order chi connectivity index (χ0) is 19.6. The highest BCUT2D eigenvalue weighted by Crippen LogP contribution is 2.39. The quantitative estimate of drug-likeness (QED) is 0.701. The van der Waals surface area contributed by atoms with Crippen LogP contribution in [-0.4, -0.2) is 43.8 Å². The van der Waals surface area contributed by atoms with Crippen LogP contribution in [0.15, 0.2) is 18.2 Å². The smallest absolute Gasteiger partial charge is 0.256 e. The topological polar surface area (TPSA) is 65.2 Å². The van der Waals surface area contributed by atoms with Crippen molar-refractivity contribution in [1.82, 2.24) is 24.2 Å². The summed E-state index contributed by atoms with van der Waals surface area (Å²) in [5.41, 5.74) is 2.75. The molecule has 1 amide bonds. The summed E-state index contributed by atoms with van der Waals surface area (Å²) in [6, 6.07) is 5.80. The molecule has 146 valence electrons. The second-order valence-electron chi connectivity index (χ2n) is 7.90. The minimum Gasteiger partial charge on any atom is -0.497 e. The van der Waals surface area contributed by atoms with E-state index < -0.39 is 0 Å². The zero-order valence-electron chi connectivity index (χ0n) is 16.8. The van der Waals surface area contributed by atoms with Crippen molar-refractivity contribution in [2.75, 3.05) is 13.7 Å². The number of hydrogen-bond donors (Lipinski definition) is 0. The number of carbonyl (C=O) groups is 1. The molecule has 2 aliphatic rings. The first-order valence-corrected chi connectivity index (χ1v) is 9.88. The summed E-state index contributed by atoms with van der Waals surface area (Å²) in [5.74, 6) is 3.17. The fourth-order valence-electron chi connectivity index (χ4n) is 4.27. The van der Waals surface area contributed by atoms with Crippen molar-refractivity contribution < 1.29 is 9.53 Å². The van der Waals surface area contributed by atoms with E-state index in [0.29, 0.717) is 19.0 Å². The molecule has 1 saturated carbocycles. The molecule has 1 aliphatic carbocycles. The Morgan fingerprint density at radius 2 is 2.04 bits per heavy atom. The van der Waals surface area contributed by atoms with Crippen LogP contribution in [0.4, 0.5) is 0 Å². The summed E-state index contributed by atoms with van der Waals surface area (Å²) in [7, 11) is 3.65. The van der Waals surface area contributed by atoms with Gasteiger partial charge < -0.3 is 14.2 Å². The zero-order valence-corrected chi connectivity index (χ0v) is 16.8. The number of aryl methyl sites for hydroxylation is 1. The molecule has 2 aromatic heterocycles. The third kappa shape index (κ3) is 2.45. The first-order valence-electron chi connectivity index (χ1n) is 9.88. The number of fused-ring (bicyclic) bond motifs is 2. The number of hydrogen-bond acceptors (Lipinski definition) is 4. The fraction of sp³-hybridized carbons (Fsp3) is 0.476. The number of amides is 1. The van der Waals surface area contributed by atoms with Gasteiger partial charge >= 0.3 is 0 Å². The Morgan fingerprint density at radius 3 is 2.75 bits per heavy atom. The highest BCUT2D eigenvalue weighted by Gasteiger charge is 2.36. The van der Waals surface area contributed by atoms with Crippen LogP contribution in [0.3, 0.4) is 0 Å². The summed E-state index contributed by atoms with van der Waals surface area (Å²) < 4.78 is 9.46. The lowest BCUT2D eigenvalue weighted by Crippen LogP contribution is -2.41. The highest BCUT2D eigenvalue weighted by atomic mass is 16.5. The summed E-state index contributed by atoms with van der Waals surface area (Å²) in [6.45, 7) is 5.38. The van der Waals surface area contributed by atoms with Crippen LogP contribution in [-0.2, 0) is 13.6 Å². The molecule has 0 radical (unpaired) electrons. The lowest BCUT2D eigenvalue weighted by molar-refractivity contribution is 0.0632. The Bertz CT molecular complexity index is 1090. The third-order valence-corrected chi connectivity index (χ3v) is 6.23. The van der Waals surface area contributed by atoms with Gasteiger partial charge in [0.1, 0.15) is 11.6 Å². The fourth-order valence-corrected chi connectivity index (χ4v) is 4.27. The maximum absolute atomic E-state index is 13.6. The molecular formula is C21H25N5O2. The molecule has 5 rings (SSSR count). The van der Waals surface area contributed by atoms with E-state index in [0.717, 1.165) is 39.6 Å². The van der Waals surface area contributed by atoms with Crippen LogP contribution in [0.1, 0.15) is 59.4 Å². The lowest BCUT2D eigenvalue weighted by Gasteiger charge is -2.33. The number of benzene rings is 1. The van der Waals surface area contributed by atoms with E-state index in [2.05, 4.69) is 16.6 Å². The molecule has 0 unspecified atom stereocenters. The van der Waals surface area contributed by atoms with Gasteiger partial charge in [0.15, 0.2) is 5.82 Å². The van der Waals surface area contributed by atoms with E-state index >= 15 is 0 Å². The lowest BCUT2D eigenvalue weighted by atomic mass is 10.1. The van der Waals surface area contributed by atoms with E-state index in [9.17, 15) is 4.79 Å². The molecule has 0 N–H and O–H groups in total. The molecular weight excluding hydrogens is 354 g/mol. The number of ether oxygens (including phenoxy) is 1. The van der Waals surface area contributed by atoms with Crippen LogP contribution in [0, 0.1) is 6.92 Å². The standard InChI is InChI=1S/C21H25N5O2/c1-12-18(16-11-15(28-4)7-8-17(16)24(12)3)21(27)25-9-10-26-20(13(25)2)22-19(23-26)14-5-6-14/h7-8,11,13-14H,5-6,9-10H2,1-4H3/t13-/m1/s1. The van der Waals surface area contributed by atoms with Gasteiger partial charge in [0.2, 0.25) is 0 Å². The highest BCUT2D eigenvalue weighted by molar-refractivity contribution is 6.09. The molecule has 0 saturated heterocycles. The van der Waals surface area contributed by atoms with Gasteiger partial charge in [-0.25, -0.2) is 9.67 Å². The number of nitrogens with zero attached hydrogens (tertiary/aromatic N) is 5. The van der Waals surface area contributed by atoms with Gasteiger partial charge in [-0.2, -0.15) is 5.10 Å². The molecule has 7 nitrogen and oxygen atoms in total. The monoisotopic (exact) mass is 379 g/mol. The van der Waals surface area contributed by atoms with Crippen molar-refractivity contribution in [2.45, 2.75) is 45.2 Å². The SMILES string of the molecule is COc1ccc2c(c1)c(C(=O)N1CCn3nc(C4CC4)nc3[C@H]1C)c(C)n2C. The van der Waals surface area contributed by atoms with Gasteiger partial charge in [-0.3, -0.25) is 4.79 Å². The molecule has 1 aliphatic heterocycles. The summed E-state index contributed by atoms with van der Waals surface area (Å²) in [4.78, 5) is 20.3. The molecule has 7 heteroatoms. The second-order valence-corrected chi connectivity index (χ2v) is 7.90. The van der Waals surface area contributed by atoms with E-state index in [1.807, 2.05) is 41.8 Å². The Balaban J connectivity index is 1.55. The predicted octanol–water partition coefficient (Wildman–Crippen LogP) is 3.18. The minimum atomic E-state index is -0.0958. The number of rotatable bonds is 3. The maximum Gasteiger partial charge on any atom is 0.256 e. The van der Waals surface area contributed by atoms with Crippen molar-refractivity contribution in [3.8, 4) is 5.75 Å². The van der Waals surface area contributed by atoms with Crippen molar-refractivity contribution >= 4 is 16.8 Å². The van der Waals surface area contributed by atoms with Gasteiger partial charge in [0.25, 0.3) is 5.91 Å². The van der Waals surface area contributed by atoms with Gasteiger partial charge in [-0.05, 0) is 44.9 Å². The van der Waals surface area contributed by atoms with Crippen molar-refractivity contribution in [3.63, 3.8) is 0 Å². The molecule has 1 fully saturated rings. The summed E-state index contributed by atoms with van der Waals surface area (Å²) in [5, 5.41) is 5.60. The van der Waals surface area contributed by atoms with Crippen LogP contribution in [0.25, 0.3) is 10.9 Å². The Hall–Kier alpha value is -2.83. The van der Waals surface area contributed by atoms with Gasteiger partial charge in [-0.1, -0.05) is 0 Å². The second kappa shape index (κ2) is 6.09. The van der Waals surface area contributed by atoms with Crippen molar-refractivity contribution in [3.05, 3.63) is 41.1 Å². The van der Waals surface area contributed by atoms with E-state index in [-0.39, 0.29) is 11.9 Å². The van der Waals surface area contributed by atoms with Gasteiger partial charge in [-0.15, -0.1) is 0 Å². The van der Waals surface area contributed by atoms with E-state index in [1.54, 1.807) is 7.11 Å². The largest absolute Gasteiger partial charge is 0.497 e. The van der Waals surface area contributed by atoms with Crippen molar-refractivity contribution in [1.29, 1.82) is 0 Å². The number of aromatic nitrogens is 4. The van der Waals surface area contributed by atoms with Crippen LogP contribution >= 0.6 is 0 Å². The third-order valence-electron chi connectivity index (χ3n) is 6.23. The normalized spacial score (nSPS) is 19.1. The molecule has 28 heavy (non-hydrogen) atoms. The summed E-state index contributed by atoms with van der Waals surface area (Å²) in [6.07, 6.45) is 2.36. The van der Waals surface area contributed by atoms with Gasteiger partial charge in [0.05, 0.1) is 25.3 Å². The van der Waals surface area contributed by atoms with E-state index in [4.69, 9.17) is 9.72 Å². The van der Waals surface area contributed by atoms with E-state index in [1.165, 1.54) is 12.8 Å². The average molecular weight is 379 g/mol. The molecule has 0 spiro atoms. The molecule has 1 aromatic carbocycles. The maximum atomic E-state index is 13.6.